The average Bonchev–Trinajstić information content (AvgIpc) is 2.96. The van der Waals surface area contributed by atoms with Crippen molar-refractivity contribution >= 4 is 8.07 Å². The molecule has 0 aromatic heterocycles. The molecule has 3 aliphatic rings. The van der Waals surface area contributed by atoms with Crippen LogP contribution in [0.2, 0.25) is 18.1 Å². The SMILES string of the molecule is CCC[Si]1(C2=[C]([Ti+2][C]3=CC=CC3)C=CC2)CCC1.[Cl-].[Cl-]. The first-order valence-electron chi connectivity index (χ1n) is 7.37. The van der Waals surface area contributed by atoms with Crippen LogP contribution in [0.5, 0.6) is 0 Å². The Morgan fingerprint density at radius 2 is 1.95 bits per heavy atom. The van der Waals surface area contributed by atoms with Crippen molar-refractivity contribution in [1.82, 2.24) is 0 Å². The maximum atomic E-state index is 2.50. The summed E-state index contributed by atoms with van der Waals surface area (Å²) in [6, 6.07) is 4.77. The number of hydrogen-bond acceptors (Lipinski definition) is 0. The third-order valence-electron chi connectivity index (χ3n) is 4.68. The molecule has 0 bridgehead atoms. The Hall–Kier alpha value is 0.471. The second-order valence-corrected chi connectivity index (χ2v) is 12.7. The second kappa shape index (κ2) is 8.20. The Balaban J connectivity index is 0.000001000. The summed E-state index contributed by atoms with van der Waals surface area (Å²) in [6.07, 6.45) is 17.4. The van der Waals surface area contributed by atoms with Crippen LogP contribution in [-0.4, -0.2) is 8.07 Å². The Kier molecular flexibility index (Phi) is 7.59. The van der Waals surface area contributed by atoms with Gasteiger partial charge < -0.3 is 24.8 Å². The molecule has 2 aliphatic carbocycles. The molecule has 0 aromatic rings. The fraction of sp³-hybridized carbons (Fsp3) is 0.500. The maximum absolute atomic E-state index is 2.50. The summed E-state index contributed by atoms with van der Waals surface area (Å²) in [7, 11) is -0.944. The van der Waals surface area contributed by atoms with E-state index in [9.17, 15) is 0 Å². The van der Waals surface area contributed by atoms with Crippen LogP contribution in [0, 0.1) is 0 Å². The van der Waals surface area contributed by atoms with E-state index in [0.29, 0.717) is 0 Å². The van der Waals surface area contributed by atoms with Crippen LogP contribution in [0.1, 0.15) is 32.6 Å². The van der Waals surface area contributed by atoms with Gasteiger partial charge in [0.15, 0.2) is 0 Å². The Labute approximate surface area is 145 Å². The minimum atomic E-state index is -0.944. The molecule has 4 heteroatoms. The van der Waals surface area contributed by atoms with Crippen molar-refractivity contribution in [2.75, 3.05) is 0 Å². The van der Waals surface area contributed by atoms with Gasteiger partial charge in [-0.05, 0) is 0 Å². The van der Waals surface area contributed by atoms with E-state index in [-0.39, 0.29) is 44.0 Å². The van der Waals surface area contributed by atoms with Gasteiger partial charge in [0.05, 0.1) is 0 Å². The fourth-order valence-electron chi connectivity index (χ4n) is 3.62. The summed E-state index contributed by atoms with van der Waals surface area (Å²) < 4.78 is 3.58. The van der Waals surface area contributed by atoms with Crippen LogP contribution < -0.4 is 24.8 Å². The topological polar surface area (TPSA) is 0 Å². The standard InChI is InChI=1S/C11H17Si.C5H5.2ClH.Ti/c1-2-8-12(9-5-10-12)11-6-3-4-7-11;1-2-4-5-3-1;;;/h3-4H,2,5-6,8-10H2,1H3;1-3H,4H2;2*1H;/q;;;;+2/p-2. The third kappa shape index (κ3) is 3.62. The van der Waals surface area contributed by atoms with Gasteiger partial charge in [0.25, 0.3) is 0 Å². The minimum Gasteiger partial charge on any atom is -1.00 e. The molecule has 1 fully saturated rings. The van der Waals surface area contributed by atoms with Crippen LogP contribution in [0.3, 0.4) is 0 Å². The fourth-order valence-corrected chi connectivity index (χ4v) is 11.8. The first kappa shape index (κ1) is 18.5. The number of halogens is 2. The maximum Gasteiger partial charge on any atom is -1.00 e. The van der Waals surface area contributed by atoms with E-state index < -0.39 is 8.07 Å². The van der Waals surface area contributed by atoms with Crippen LogP contribution >= 0.6 is 0 Å². The summed E-state index contributed by atoms with van der Waals surface area (Å²) in [6.45, 7) is 2.38. The third-order valence-corrected chi connectivity index (χ3v) is 13.1. The second-order valence-electron chi connectivity index (χ2n) is 5.83. The predicted molar refractivity (Wildman–Crippen MR) is 77.7 cm³/mol. The zero-order chi connectivity index (χ0) is 12.4. The van der Waals surface area contributed by atoms with E-state index >= 15 is 0 Å². The van der Waals surface area contributed by atoms with Crippen molar-refractivity contribution in [3.05, 3.63) is 43.3 Å². The van der Waals surface area contributed by atoms with Gasteiger partial charge in [-0.25, -0.2) is 0 Å². The van der Waals surface area contributed by atoms with E-state index in [1.54, 1.807) is 22.0 Å². The Morgan fingerprint density at radius 1 is 1.15 bits per heavy atom. The number of allylic oxidation sites excluding steroid dienone is 8. The normalized spacial score (nSPS) is 21.8. The zero-order valence-electron chi connectivity index (χ0n) is 12.1. The smallest absolute Gasteiger partial charge is 1.00 e. The molecule has 1 aliphatic heterocycles. The van der Waals surface area contributed by atoms with Crippen molar-refractivity contribution in [1.29, 1.82) is 0 Å². The van der Waals surface area contributed by atoms with Gasteiger partial charge in [0, 0.05) is 0 Å². The van der Waals surface area contributed by atoms with Crippen LogP contribution in [0.4, 0.5) is 0 Å². The molecule has 0 radical (unpaired) electrons. The molecule has 0 atom stereocenters. The van der Waals surface area contributed by atoms with Gasteiger partial charge in [-0.3, -0.25) is 0 Å². The molecule has 1 heterocycles. The van der Waals surface area contributed by atoms with Gasteiger partial charge in [-0.1, -0.05) is 0 Å². The molecular weight excluding hydrogens is 339 g/mol. The predicted octanol–water partition coefficient (Wildman–Crippen LogP) is -1.06. The van der Waals surface area contributed by atoms with Crippen molar-refractivity contribution in [2.24, 2.45) is 0 Å². The largest absolute Gasteiger partial charge is 1.00 e. The first-order chi connectivity index (χ1) is 8.84. The van der Waals surface area contributed by atoms with Crippen molar-refractivity contribution in [3.8, 4) is 0 Å². The van der Waals surface area contributed by atoms with E-state index in [2.05, 4.69) is 37.3 Å². The van der Waals surface area contributed by atoms with E-state index in [1.807, 2.05) is 9.07 Å². The molecule has 0 saturated carbocycles. The molecular formula is C16H22Cl2SiTi. The van der Waals surface area contributed by atoms with Gasteiger partial charge >= 0.3 is 121 Å². The summed E-state index contributed by atoms with van der Waals surface area (Å²) in [5.74, 6) is 0. The summed E-state index contributed by atoms with van der Waals surface area (Å²) in [4.78, 5) is 0. The first-order valence-corrected chi connectivity index (χ1v) is 11.6. The molecule has 0 spiro atoms. The number of hydrogen-bond donors (Lipinski definition) is 0. The van der Waals surface area contributed by atoms with E-state index in [0.717, 1.165) is 0 Å². The monoisotopic (exact) mass is 360 g/mol. The van der Waals surface area contributed by atoms with Crippen molar-refractivity contribution < 1.29 is 44.0 Å². The Morgan fingerprint density at radius 3 is 2.50 bits per heavy atom. The van der Waals surface area contributed by atoms with Crippen LogP contribution in [-0.2, 0) is 19.2 Å². The van der Waals surface area contributed by atoms with Gasteiger partial charge in [0.1, 0.15) is 0 Å². The molecule has 3 rings (SSSR count). The molecule has 0 unspecified atom stereocenters. The molecule has 20 heavy (non-hydrogen) atoms. The summed E-state index contributed by atoms with van der Waals surface area (Å²) >= 11 is 0.00698. The van der Waals surface area contributed by atoms with Crippen molar-refractivity contribution in [3.63, 3.8) is 0 Å². The zero-order valence-corrected chi connectivity index (χ0v) is 16.2. The summed E-state index contributed by atoms with van der Waals surface area (Å²) in [5, 5.41) is 1.99. The molecule has 108 valence electrons. The van der Waals surface area contributed by atoms with Crippen LogP contribution in [0.15, 0.2) is 43.3 Å². The quantitative estimate of drug-likeness (QED) is 0.548. The summed E-state index contributed by atoms with van der Waals surface area (Å²) in [5.41, 5.74) is 0. The Bertz CT molecular complexity index is 459. The van der Waals surface area contributed by atoms with Crippen molar-refractivity contribution in [2.45, 2.75) is 50.7 Å². The molecule has 1 saturated heterocycles. The molecule has 0 aromatic carbocycles. The minimum absolute atomic E-state index is 0. The number of rotatable bonds is 5. The van der Waals surface area contributed by atoms with Gasteiger partial charge in [-0.15, -0.1) is 0 Å². The molecule has 0 amide bonds. The molecule has 0 nitrogen and oxygen atoms in total. The van der Waals surface area contributed by atoms with E-state index in [1.165, 1.54) is 25.7 Å². The van der Waals surface area contributed by atoms with Gasteiger partial charge in [0.2, 0.25) is 0 Å². The molecule has 0 N–H and O–H groups in total. The van der Waals surface area contributed by atoms with Crippen LogP contribution in [0.25, 0.3) is 0 Å². The van der Waals surface area contributed by atoms with E-state index in [4.69, 9.17) is 0 Å². The average molecular weight is 361 g/mol. The van der Waals surface area contributed by atoms with Gasteiger partial charge in [-0.2, -0.15) is 0 Å².